The van der Waals surface area contributed by atoms with Gasteiger partial charge in [-0.1, -0.05) is 6.92 Å². The second-order valence-corrected chi connectivity index (χ2v) is 3.16. The van der Waals surface area contributed by atoms with Gasteiger partial charge in [0.05, 0.1) is 0 Å². The zero-order chi connectivity index (χ0) is 5.44. The van der Waals surface area contributed by atoms with Crippen LogP contribution in [-0.4, -0.2) is 11.0 Å². The number of thiol groups is 2. The van der Waals surface area contributed by atoms with Crippen molar-refractivity contribution in [1.29, 1.82) is 0 Å². The van der Waals surface area contributed by atoms with Crippen molar-refractivity contribution in [2.24, 2.45) is 11.8 Å². The molecule has 0 aromatic rings. The molecule has 0 aromatic carbocycles. The molecule has 1 aliphatic rings. The monoisotopic (exact) mass is 134 g/mol. The van der Waals surface area contributed by atoms with Gasteiger partial charge in [0.15, 0.2) is 0 Å². The summed E-state index contributed by atoms with van der Waals surface area (Å²) < 4.78 is 0. The predicted octanol–water partition coefficient (Wildman–Crippen LogP) is 1.48. The number of hydrogen-bond donors (Lipinski definition) is 2. The fraction of sp³-hybridized carbons (Fsp3) is 1.00. The molecule has 0 bridgehead atoms. The third kappa shape index (κ3) is 0.918. The molecule has 42 valence electrons. The summed E-state index contributed by atoms with van der Waals surface area (Å²) >= 11 is 8.45. The van der Waals surface area contributed by atoms with Crippen molar-refractivity contribution in [3.63, 3.8) is 0 Å². The fourth-order valence-electron chi connectivity index (χ4n) is 0.797. The highest BCUT2D eigenvalue weighted by Crippen LogP contribution is 2.43. The van der Waals surface area contributed by atoms with E-state index in [-0.39, 0.29) is 0 Å². The van der Waals surface area contributed by atoms with Crippen molar-refractivity contribution < 1.29 is 0 Å². The van der Waals surface area contributed by atoms with Crippen molar-refractivity contribution in [3.05, 3.63) is 0 Å². The van der Waals surface area contributed by atoms with Gasteiger partial charge in [-0.2, -0.15) is 25.3 Å². The van der Waals surface area contributed by atoms with E-state index < -0.39 is 0 Å². The highest BCUT2D eigenvalue weighted by atomic mass is 32.1. The third-order valence-corrected chi connectivity index (χ3v) is 3.00. The first kappa shape index (κ1) is 5.83. The van der Waals surface area contributed by atoms with Gasteiger partial charge in [-0.05, 0) is 17.6 Å². The van der Waals surface area contributed by atoms with E-state index in [2.05, 4.69) is 32.2 Å². The van der Waals surface area contributed by atoms with Crippen LogP contribution in [0.2, 0.25) is 0 Å². The quantitative estimate of drug-likeness (QED) is 0.499. The second-order valence-electron chi connectivity index (χ2n) is 2.20. The van der Waals surface area contributed by atoms with E-state index in [0.29, 0.717) is 5.25 Å². The number of rotatable bonds is 1. The lowest BCUT2D eigenvalue weighted by Crippen LogP contribution is -1.77. The van der Waals surface area contributed by atoms with Crippen molar-refractivity contribution in [1.82, 2.24) is 0 Å². The SMILES string of the molecule is CC1C(S)C1CS. The van der Waals surface area contributed by atoms with Crippen LogP contribution in [0.4, 0.5) is 0 Å². The highest BCUT2D eigenvalue weighted by molar-refractivity contribution is 7.82. The molecule has 0 saturated heterocycles. The summed E-state index contributed by atoms with van der Waals surface area (Å²) in [5.74, 6) is 2.63. The van der Waals surface area contributed by atoms with Crippen LogP contribution in [0.15, 0.2) is 0 Å². The van der Waals surface area contributed by atoms with E-state index in [1.165, 1.54) is 0 Å². The maximum Gasteiger partial charge on any atom is 0.00847 e. The Balaban J connectivity index is 2.24. The first-order chi connectivity index (χ1) is 3.27. The molecular formula is C5H10S2. The third-order valence-electron chi connectivity index (χ3n) is 1.72. The van der Waals surface area contributed by atoms with E-state index in [9.17, 15) is 0 Å². The maximum absolute atomic E-state index is 4.30. The largest absolute Gasteiger partial charge is 0.179 e. The van der Waals surface area contributed by atoms with E-state index in [0.717, 1.165) is 17.6 Å². The first-order valence-electron chi connectivity index (χ1n) is 2.56. The minimum absolute atomic E-state index is 0.650. The molecule has 0 aromatic heterocycles. The Labute approximate surface area is 55.5 Å². The van der Waals surface area contributed by atoms with Gasteiger partial charge < -0.3 is 0 Å². The molecule has 2 heteroatoms. The zero-order valence-electron chi connectivity index (χ0n) is 4.33. The number of hydrogen-bond acceptors (Lipinski definition) is 2. The molecule has 1 saturated carbocycles. The molecule has 0 heterocycles. The van der Waals surface area contributed by atoms with Gasteiger partial charge in [-0.15, -0.1) is 0 Å². The van der Waals surface area contributed by atoms with Crippen LogP contribution in [0.5, 0.6) is 0 Å². The van der Waals surface area contributed by atoms with E-state index >= 15 is 0 Å². The van der Waals surface area contributed by atoms with E-state index in [1.807, 2.05) is 0 Å². The molecule has 0 nitrogen and oxygen atoms in total. The lowest BCUT2D eigenvalue weighted by molar-refractivity contribution is 0.847. The minimum atomic E-state index is 0.650. The topological polar surface area (TPSA) is 0 Å². The second kappa shape index (κ2) is 1.90. The molecule has 0 radical (unpaired) electrons. The minimum Gasteiger partial charge on any atom is -0.179 e. The summed E-state index contributed by atoms with van der Waals surface area (Å²) in [4.78, 5) is 0. The molecular weight excluding hydrogens is 124 g/mol. The summed E-state index contributed by atoms with van der Waals surface area (Å²) in [5.41, 5.74) is 0. The van der Waals surface area contributed by atoms with Gasteiger partial charge in [0.2, 0.25) is 0 Å². The maximum atomic E-state index is 4.30. The lowest BCUT2D eigenvalue weighted by atomic mass is 10.4. The predicted molar refractivity (Wildman–Crippen MR) is 39.3 cm³/mol. The van der Waals surface area contributed by atoms with E-state index in [1.54, 1.807) is 0 Å². The molecule has 7 heavy (non-hydrogen) atoms. The molecule has 0 spiro atoms. The van der Waals surface area contributed by atoms with Gasteiger partial charge in [-0.25, -0.2) is 0 Å². The molecule has 1 rings (SSSR count). The average molecular weight is 134 g/mol. The first-order valence-corrected chi connectivity index (χ1v) is 3.71. The summed E-state index contributed by atoms with van der Waals surface area (Å²) in [6.07, 6.45) is 0. The van der Waals surface area contributed by atoms with Gasteiger partial charge in [0.25, 0.3) is 0 Å². The Morgan fingerprint density at radius 1 is 1.57 bits per heavy atom. The molecule has 0 N–H and O–H groups in total. The summed E-state index contributed by atoms with van der Waals surface area (Å²) in [6.45, 7) is 2.22. The van der Waals surface area contributed by atoms with Gasteiger partial charge in [0.1, 0.15) is 0 Å². The van der Waals surface area contributed by atoms with Crippen LogP contribution in [-0.2, 0) is 0 Å². The smallest absolute Gasteiger partial charge is 0.00847 e. The van der Waals surface area contributed by atoms with Crippen LogP contribution < -0.4 is 0 Å². The van der Waals surface area contributed by atoms with Crippen LogP contribution in [0.25, 0.3) is 0 Å². The van der Waals surface area contributed by atoms with Crippen LogP contribution in [0, 0.1) is 11.8 Å². The Morgan fingerprint density at radius 3 is 2.00 bits per heavy atom. The van der Waals surface area contributed by atoms with Crippen molar-refractivity contribution >= 4 is 25.3 Å². The van der Waals surface area contributed by atoms with Crippen molar-refractivity contribution in [2.45, 2.75) is 12.2 Å². The highest BCUT2D eigenvalue weighted by Gasteiger charge is 2.42. The molecule has 0 amide bonds. The van der Waals surface area contributed by atoms with Gasteiger partial charge in [-0.3, -0.25) is 0 Å². The summed E-state index contributed by atoms with van der Waals surface area (Å²) in [7, 11) is 0. The van der Waals surface area contributed by atoms with Crippen LogP contribution in [0.3, 0.4) is 0 Å². The lowest BCUT2D eigenvalue weighted by Gasteiger charge is -1.79. The standard InChI is InChI=1S/C5H10S2/c1-3-4(2-6)5(3)7/h3-7H,2H2,1H3. The zero-order valence-corrected chi connectivity index (χ0v) is 6.12. The molecule has 0 aliphatic heterocycles. The molecule has 3 atom stereocenters. The van der Waals surface area contributed by atoms with Crippen molar-refractivity contribution in [2.75, 3.05) is 5.75 Å². The van der Waals surface area contributed by atoms with Gasteiger partial charge in [0, 0.05) is 5.25 Å². The normalized spacial score (nSPS) is 49.3. The Hall–Kier alpha value is 0.700. The van der Waals surface area contributed by atoms with Crippen molar-refractivity contribution in [3.8, 4) is 0 Å². The van der Waals surface area contributed by atoms with Gasteiger partial charge >= 0.3 is 0 Å². The van der Waals surface area contributed by atoms with E-state index in [4.69, 9.17) is 0 Å². The Bertz CT molecular complexity index is 64.5. The Kier molecular flexibility index (Phi) is 1.58. The molecule has 1 fully saturated rings. The fourth-order valence-corrected chi connectivity index (χ4v) is 2.02. The molecule has 3 unspecified atom stereocenters. The molecule has 1 aliphatic carbocycles. The van der Waals surface area contributed by atoms with Crippen LogP contribution in [0.1, 0.15) is 6.92 Å². The van der Waals surface area contributed by atoms with Crippen LogP contribution >= 0.6 is 25.3 Å². The average Bonchev–Trinajstić information content (AvgIpc) is 2.17. The summed E-state index contributed by atoms with van der Waals surface area (Å²) in [5, 5.41) is 0.650. The Morgan fingerprint density at radius 2 is 2.00 bits per heavy atom. The summed E-state index contributed by atoms with van der Waals surface area (Å²) in [6, 6.07) is 0.